The molecule has 1 fully saturated rings. The number of piperazine rings is 1. The zero-order chi connectivity index (χ0) is 14.4. The fourth-order valence-corrected chi connectivity index (χ4v) is 1.97. The number of hydrogen-bond acceptors (Lipinski definition) is 3. The molecule has 0 aliphatic carbocycles. The average molecular weight is 271 g/mol. The molecule has 1 aliphatic rings. The summed E-state index contributed by atoms with van der Waals surface area (Å²) in [5, 5.41) is 14.3. The van der Waals surface area contributed by atoms with E-state index in [-0.39, 0.29) is 30.9 Å². The molecule has 1 atom stereocenters. The molecule has 1 saturated heterocycles. The zero-order valence-electron chi connectivity index (χ0n) is 11.3. The molecule has 7 nitrogen and oxygen atoms in total. The lowest BCUT2D eigenvalue weighted by Gasteiger charge is -2.27. The summed E-state index contributed by atoms with van der Waals surface area (Å²) in [5.74, 6) is -1.45. The van der Waals surface area contributed by atoms with Crippen molar-refractivity contribution in [3.63, 3.8) is 0 Å². The number of hydrogen-bond donors (Lipinski definition) is 3. The van der Waals surface area contributed by atoms with E-state index in [2.05, 4.69) is 10.6 Å². The molecule has 0 aromatic carbocycles. The number of aliphatic carboxylic acids is 1. The van der Waals surface area contributed by atoms with E-state index in [0.717, 1.165) is 0 Å². The number of carboxylic acid groups (broad SMARTS) is 1. The summed E-state index contributed by atoms with van der Waals surface area (Å²) in [6.45, 7) is 4.86. The lowest BCUT2D eigenvalue weighted by Crippen LogP contribution is -2.53. The SMILES string of the molecule is CC(C)CC(CNC(=O)N1CCNC(=O)C1)C(=O)O. The number of carboxylic acids is 1. The van der Waals surface area contributed by atoms with E-state index in [1.165, 1.54) is 4.90 Å². The summed E-state index contributed by atoms with van der Waals surface area (Å²) in [6.07, 6.45) is 0.510. The molecule has 0 aromatic rings. The second kappa shape index (κ2) is 6.96. The third-order valence-corrected chi connectivity index (χ3v) is 2.93. The first kappa shape index (κ1) is 15.3. The second-order valence-corrected chi connectivity index (χ2v) is 5.12. The van der Waals surface area contributed by atoms with Gasteiger partial charge in [-0.05, 0) is 12.3 Å². The van der Waals surface area contributed by atoms with Gasteiger partial charge in [0.1, 0.15) is 6.54 Å². The zero-order valence-corrected chi connectivity index (χ0v) is 11.3. The smallest absolute Gasteiger partial charge is 0.317 e. The van der Waals surface area contributed by atoms with E-state index in [1.54, 1.807) is 0 Å². The predicted molar refractivity (Wildman–Crippen MR) is 68.6 cm³/mol. The van der Waals surface area contributed by atoms with Crippen LogP contribution in [-0.4, -0.2) is 54.1 Å². The summed E-state index contributed by atoms with van der Waals surface area (Å²) in [4.78, 5) is 35.4. The van der Waals surface area contributed by atoms with Crippen molar-refractivity contribution in [3.05, 3.63) is 0 Å². The van der Waals surface area contributed by atoms with Crippen molar-refractivity contribution < 1.29 is 19.5 Å². The number of rotatable bonds is 5. The molecule has 1 unspecified atom stereocenters. The van der Waals surface area contributed by atoms with Gasteiger partial charge in [-0.15, -0.1) is 0 Å². The molecular weight excluding hydrogens is 250 g/mol. The van der Waals surface area contributed by atoms with Crippen LogP contribution in [0.25, 0.3) is 0 Å². The molecule has 19 heavy (non-hydrogen) atoms. The van der Waals surface area contributed by atoms with E-state index in [9.17, 15) is 14.4 Å². The van der Waals surface area contributed by atoms with Gasteiger partial charge < -0.3 is 20.6 Å². The van der Waals surface area contributed by atoms with Crippen molar-refractivity contribution in [2.24, 2.45) is 11.8 Å². The minimum Gasteiger partial charge on any atom is -0.481 e. The molecule has 0 radical (unpaired) electrons. The predicted octanol–water partition coefficient (Wildman–Crippen LogP) is -0.125. The van der Waals surface area contributed by atoms with Crippen molar-refractivity contribution in [2.45, 2.75) is 20.3 Å². The Kier molecular flexibility index (Phi) is 5.59. The normalized spacial score (nSPS) is 17.0. The van der Waals surface area contributed by atoms with Crippen LogP contribution in [0.2, 0.25) is 0 Å². The van der Waals surface area contributed by atoms with Gasteiger partial charge in [0.05, 0.1) is 5.92 Å². The van der Waals surface area contributed by atoms with E-state index in [1.807, 2.05) is 13.8 Å². The third-order valence-electron chi connectivity index (χ3n) is 2.93. The van der Waals surface area contributed by atoms with Gasteiger partial charge in [0, 0.05) is 19.6 Å². The van der Waals surface area contributed by atoms with Gasteiger partial charge in [0.2, 0.25) is 5.91 Å². The van der Waals surface area contributed by atoms with Crippen LogP contribution in [0.1, 0.15) is 20.3 Å². The molecule has 0 bridgehead atoms. The first-order valence-corrected chi connectivity index (χ1v) is 6.42. The van der Waals surface area contributed by atoms with Gasteiger partial charge in [-0.1, -0.05) is 13.8 Å². The molecule has 0 aromatic heterocycles. The lowest BCUT2D eigenvalue weighted by molar-refractivity contribution is -0.142. The van der Waals surface area contributed by atoms with Gasteiger partial charge in [-0.2, -0.15) is 0 Å². The number of amides is 3. The monoisotopic (exact) mass is 271 g/mol. The fraction of sp³-hybridized carbons (Fsp3) is 0.750. The molecule has 0 spiro atoms. The highest BCUT2D eigenvalue weighted by Crippen LogP contribution is 2.11. The Balaban J connectivity index is 2.42. The van der Waals surface area contributed by atoms with Crippen LogP contribution < -0.4 is 10.6 Å². The number of carbonyl (C=O) groups excluding carboxylic acids is 2. The summed E-state index contributed by atoms with van der Waals surface area (Å²) in [5.41, 5.74) is 0. The van der Waals surface area contributed by atoms with Crippen LogP contribution >= 0.6 is 0 Å². The van der Waals surface area contributed by atoms with E-state index >= 15 is 0 Å². The molecule has 3 amide bonds. The molecule has 108 valence electrons. The number of nitrogens with zero attached hydrogens (tertiary/aromatic N) is 1. The van der Waals surface area contributed by atoms with Gasteiger partial charge >= 0.3 is 12.0 Å². The van der Waals surface area contributed by atoms with Gasteiger partial charge in [0.15, 0.2) is 0 Å². The highest BCUT2D eigenvalue weighted by molar-refractivity contribution is 5.85. The largest absolute Gasteiger partial charge is 0.481 e. The van der Waals surface area contributed by atoms with Gasteiger partial charge in [-0.3, -0.25) is 9.59 Å². The van der Waals surface area contributed by atoms with Crippen molar-refractivity contribution >= 4 is 17.9 Å². The minimum absolute atomic E-state index is 0.0216. The molecule has 7 heteroatoms. The van der Waals surface area contributed by atoms with Crippen LogP contribution in [0.15, 0.2) is 0 Å². The maximum absolute atomic E-state index is 11.8. The van der Waals surface area contributed by atoms with Crippen LogP contribution in [0.5, 0.6) is 0 Å². The van der Waals surface area contributed by atoms with Crippen LogP contribution in [-0.2, 0) is 9.59 Å². The Morgan fingerprint density at radius 1 is 1.47 bits per heavy atom. The number of carbonyl (C=O) groups is 3. The van der Waals surface area contributed by atoms with Crippen molar-refractivity contribution in [2.75, 3.05) is 26.2 Å². The average Bonchev–Trinajstić information content (AvgIpc) is 2.33. The van der Waals surface area contributed by atoms with Crippen molar-refractivity contribution in [1.29, 1.82) is 0 Å². The summed E-state index contributed by atoms with van der Waals surface area (Å²) >= 11 is 0. The Bertz CT molecular complexity index is 357. The number of nitrogens with one attached hydrogen (secondary N) is 2. The Hall–Kier alpha value is -1.79. The molecule has 1 rings (SSSR count). The van der Waals surface area contributed by atoms with Gasteiger partial charge in [-0.25, -0.2) is 4.79 Å². The summed E-state index contributed by atoms with van der Waals surface area (Å²) in [6, 6.07) is -0.384. The van der Waals surface area contributed by atoms with E-state index in [4.69, 9.17) is 5.11 Å². The maximum Gasteiger partial charge on any atom is 0.317 e. The fourth-order valence-electron chi connectivity index (χ4n) is 1.97. The van der Waals surface area contributed by atoms with Crippen molar-refractivity contribution in [3.8, 4) is 0 Å². The molecule has 1 aliphatic heterocycles. The van der Waals surface area contributed by atoms with Crippen LogP contribution in [0, 0.1) is 11.8 Å². The minimum atomic E-state index is -0.912. The topological polar surface area (TPSA) is 98.7 Å². The lowest BCUT2D eigenvalue weighted by atomic mass is 9.97. The quantitative estimate of drug-likeness (QED) is 0.649. The van der Waals surface area contributed by atoms with Crippen LogP contribution in [0.3, 0.4) is 0 Å². The second-order valence-electron chi connectivity index (χ2n) is 5.12. The standard InChI is InChI=1S/C12H21N3O4/c1-8(2)5-9(11(17)18)6-14-12(19)15-4-3-13-10(16)7-15/h8-9H,3-7H2,1-2H3,(H,13,16)(H,14,19)(H,17,18). The molecular formula is C12H21N3O4. The third kappa shape index (κ3) is 5.15. The molecule has 0 saturated carbocycles. The molecule has 3 N–H and O–H groups in total. The summed E-state index contributed by atoms with van der Waals surface area (Å²) in [7, 11) is 0. The molecule has 1 heterocycles. The van der Waals surface area contributed by atoms with Gasteiger partial charge in [0.25, 0.3) is 0 Å². The maximum atomic E-state index is 11.8. The first-order valence-electron chi connectivity index (χ1n) is 6.42. The first-order chi connectivity index (χ1) is 8.90. The van der Waals surface area contributed by atoms with Crippen molar-refractivity contribution in [1.82, 2.24) is 15.5 Å². The Morgan fingerprint density at radius 3 is 2.68 bits per heavy atom. The highest BCUT2D eigenvalue weighted by Gasteiger charge is 2.24. The Labute approximate surface area is 112 Å². The highest BCUT2D eigenvalue weighted by atomic mass is 16.4. The Morgan fingerprint density at radius 2 is 2.16 bits per heavy atom. The summed E-state index contributed by atoms with van der Waals surface area (Å²) < 4.78 is 0. The van der Waals surface area contributed by atoms with E-state index in [0.29, 0.717) is 19.5 Å². The number of urea groups is 1. The van der Waals surface area contributed by atoms with E-state index < -0.39 is 11.9 Å². The van der Waals surface area contributed by atoms with Crippen LogP contribution in [0.4, 0.5) is 4.79 Å².